The zero-order valence-electron chi connectivity index (χ0n) is 16.1. The van der Waals surface area contributed by atoms with Crippen molar-refractivity contribution >= 4 is 21.6 Å². The van der Waals surface area contributed by atoms with Crippen molar-refractivity contribution in [1.82, 2.24) is 4.31 Å². The Morgan fingerprint density at radius 3 is 2.14 bits per heavy atom. The molecule has 2 atom stereocenters. The molecule has 0 bridgehead atoms. The number of amides is 1. The Balaban J connectivity index is 1.72. The van der Waals surface area contributed by atoms with E-state index in [0.29, 0.717) is 30.1 Å². The van der Waals surface area contributed by atoms with Crippen LogP contribution in [-0.2, 0) is 14.8 Å². The first-order valence-electron chi connectivity index (χ1n) is 9.00. The lowest BCUT2D eigenvalue weighted by molar-refractivity contribution is -0.0440. The fraction of sp³-hybridized carbons (Fsp3) is 0.350. The molecule has 8 heteroatoms. The van der Waals surface area contributed by atoms with Gasteiger partial charge in [-0.05, 0) is 62.4 Å². The molecule has 1 fully saturated rings. The van der Waals surface area contributed by atoms with Gasteiger partial charge < -0.3 is 14.8 Å². The molecule has 0 radical (unpaired) electrons. The van der Waals surface area contributed by atoms with Crippen LogP contribution in [0.1, 0.15) is 24.2 Å². The van der Waals surface area contributed by atoms with Crippen molar-refractivity contribution in [1.29, 1.82) is 0 Å². The molecule has 150 valence electrons. The minimum absolute atomic E-state index is 0.159. The van der Waals surface area contributed by atoms with Crippen LogP contribution in [0.3, 0.4) is 0 Å². The largest absolute Gasteiger partial charge is 0.497 e. The zero-order chi connectivity index (χ0) is 20.3. The van der Waals surface area contributed by atoms with Crippen LogP contribution in [0, 0.1) is 0 Å². The number of anilines is 1. The highest BCUT2D eigenvalue weighted by Crippen LogP contribution is 2.22. The Kier molecular flexibility index (Phi) is 6.02. The van der Waals surface area contributed by atoms with E-state index in [1.54, 1.807) is 31.4 Å². The number of carbonyl (C=O) groups is 1. The molecule has 1 amide bonds. The van der Waals surface area contributed by atoms with Crippen LogP contribution >= 0.6 is 0 Å². The minimum Gasteiger partial charge on any atom is -0.497 e. The summed E-state index contributed by atoms with van der Waals surface area (Å²) < 4.78 is 37.9. The molecule has 0 spiro atoms. The monoisotopic (exact) mass is 404 g/mol. The van der Waals surface area contributed by atoms with Crippen molar-refractivity contribution in [2.24, 2.45) is 0 Å². The second kappa shape index (κ2) is 8.30. The SMILES string of the molecule is COc1ccc(NC(=O)c2ccc(S(=O)(=O)N3C[C@@H](C)O[C@H](C)C3)cc2)cc1. The molecule has 0 aliphatic carbocycles. The molecule has 1 aliphatic rings. The van der Waals surface area contributed by atoms with Gasteiger partial charge in [-0.25, -0.2) is 8.42 Å². The summed E-state index contributed by atoms with van der Waals surface area (Å²) >= 11 is 0. The number of ether oxygens (including phenoxy) is 2. The molecular weight excluding hydrogens is 380 g/mol. The van der Waals surface area contributed by atoms with Gasteiger partial charge in [-0.2, -0.15) is 4.31 Å². The first kappa shape index (κ1) is 20.3. The van der Waals surface area contributed by atoms with Gasteiger partial charge in [-0.1, -0.05) is 0 Å². The molecule has 7 nitrogen and oxygen atoms in total. The molecule has 2 aromatic carbocycles. The Bertz CT molecular complexity index is 916. The molecule has 0 saturated carbocycles. The average molecular weight is 404 g/mol. The predicted octanol–water partition coefficient (Wildman–Crippen LogP) is 2.75. The van der Waals surface area contributed by atoms with E-state index < -0.39 is 10.0 Å². The molecular formula is C20H24N2O5S. The zero-order valence-corrected chi connectivity index (χ0v) is 16.9. The third kappa shape index (κ3) is 4.52. The van der Waals surface area contributed by atoms with E-state index in [2.05, 4.69) is 5.32 Å². The maximum atomic E-state index is 12.9. The normalized spacial score (nSPS) is 20.5. The highest BCUT2D eigenvalue weighted by atomic mass is 32.2. The lowest BCUT2D eigenvalue weighted by Crippen LogP contribution is -2.48. The number of nitrogens with zero attached hydrogens (tertiary/aromatic N) is 1. The average Bonchev–Trinajstić information content (AvgIpc) is 2.68. The van der Waals surface area contributed by atoms with E-state index in [-0.39, 0.29) is 23.0 Å². The Morgan fingerprint density at radius 1 is 1.04 bits per heavy atom. The molecule has 1 aliphatic heterocycles. The number of hydrogen-bond acceptors (Lipinski definition) is 5. The van der Waals surface area contributed by atoms with E-state index in [4.69, 9.17) is 9.47 Å². The van der Waals surface area contributed by atoms with Crippen LogP contribution in [0.15, 0.2) is 53.4 Å². The van der Waals surface area contributed by atoms with Gasteiger partial charge in [0.2, 0.25) is 10.0 Å². The van der Waals surface area contributed by atoms with Crippen LogP contribution in [-0.4, -0.2) is 51.0 Å². The standard InChI is InChI=1S/C20H24N2O5S/c1-14-12-22(13-15(2)27-14)28(24,25)19-10-4-16(5-11-19)20(23)21-17-6-8-18(26-3)9-7-17/h4-11,14-15H,12-13H2,1-3H3,(H,21,23)/t14-,15-/m1/s1. The molecule has 1 saturated heterocycles. The summed E-state index contributed by atoms with van der Waals surface area (Å²) in [7, 11) is -2.06. The highest BCUT2D eigenvalue weighted by Gasteiger charge is 2.32. The van der Waals surface area contributed by atoms with Crippen LogP contribution in [0.2, 0.25) is 0 Å². The third-order valence-corrected chi connectivity index (χ3v) is 6.33. The second-order valence-corrected chi connectivity index (χ2v) is 8.72. The van der Waals surface area contributed by atoms with Crippen LogP contribution in [0.4, 0.5) is 5.69 Å². The molecule has 3 rings (SSSR count). The number of nitrogens with one attached hydrogen (secondary N) is 1. The first-order chi connectivity index (χ1) is 13.3. The van der Waals surface area contributed by atoms with Crippen molar-refractivity contribution in [2.75, 3.05) is 25.5 Å². The van der Waals surface area contributed by atoms with Gasteiger partial charge >= 0.3 is 0 Å². The Morgan fingerprint density at radius 2 is 1.61 bits per heavy atom. The van der Waals surface area contributed by atoms with E-state index >= 15 is 0 Å². The van der Waals surface area contributed by atoms with Crippen molar-refractivity contribution in [3.8, 4) is 5.75 Å². The third-order valence-electron chi connectivity index (χ3n) is 4.49. The Labute approximate surface area is 165 Å². The van der Waals surface area contributed by atoms with E-state index in [9.17, 15) is 13.2 Å². The van der Waals surface area contributed by atoms with E-state index in [1.165, 1.54) is 28.6 Å². The predicted molar refractivity (Wildman–Crippen MR) is 106 cm³/mol. The quantitative estimate of drug-likeness (QED) is 0.828. The van der Waals surface area contributed by atoms with Crippen LogP contribution in [0.5, 0.6) is 5.75 Å². The summed E-state index contributed by atoms with van der Waals surface area (Å²) in [5, 5.41) is 2.77. The van der Waals surface area contributed by atoms with Gasteiger partial charge in [-0.15, -0.1) is 0 Å². The molecule has 28 heavy (non-hydrogen) atoms. The number of carbonyl (C=O) groups excluding carboxylic acids is 1. The number of morpholine rings is 1. The van der Waals surface area contributed by atoms with Crippen molar-refractivity contribution in [3.05, 3.63) is 54.1 Å². The van der Waals surface area contributed by atoms with E-state index in [1.807, 2.05) is 13.8 Å². The number of rotatable bonds is 5. The summed E-state index contributed by atoms with van der Waals surface area (Å²) in [5.74, 6) is 0.377. The van der Waals surface area contributed by atoms with Crippen LogP contribution in [0.25, 0.3) is 0 Å². The number of benzene rings is 2. The Hall–Kier alpha value is -2.42. The number of hydrogen-bond donors (Lipinski definition) is 1. The first-order valence-corrected chi connectivity index (χ1v) is 10.4. The molecule has 0 aromatic heterocycles. The highest BCUT2D eigenvalue weighted by molar-refractivity contribution is 7.89. The fourth-order valence-electron chi connectivity index (χ4n) is 3.13. The van der Waals surface area contributed by atoms with Crippen molar-refractivity contribution in [2.45, 2.75) is 31.0 Å². The van der Waals surface area contributed by atoms with Gasteiger partial charge in [0.25, 0.3) is 5.91 Å². The molecule has 1 heterocycles. The lowest BCUT2D eigenvalue weighted by atomic mass is 10.2. The minimum atomic E-state index is -3.63. The smallest absolute Gasteiger partial charge is 0.255 e. The summed E-state index contributed by atoms with van der Waals surface area (Å²) in [5.41, 5.74) is 0.997. The van der Waals surface area contributed by atoms with Gasteiger partial charge in [0.15, 0.2) is 0 Å². The van der Waals surface area contributed by atoms with Crippen molar-refractivity contribution < 1.29 is 22.7 Å². The van der Waals surface area contributed by atoms with E-state index in [0.717, 1.165) is 0 Å². The number of sulfonamides is 1. The topological polar surface area (TPSA) is 84.9 Å². The molecule has 2 aromatic rings. The summed E-state index contributed by atoms with van der Waals surface area (Å²) in [6.07, 6.45) is -0.318. The maximum absolute atomic E-state index is 12.9. The lowest BCUT2D eigenvalue weighted by Gasteiger charge is -2.34. The van der Waals surface area contributed by atoms with Crippen molar-refractivity contribution in [3.63, 3.8) is 0 Å². The molecule has 1 N–H and O–H groups in total. The maximum Gasteiger partial charge on any atom is 0.255 e. The van der Waals surface area contributed by atoms with Gasteiger partial charge in [0.05, 0.1) is 24.2 Å². The molecule has 0 unspecified atom stereocenters. The fourth-order valence-corrected chi connectivity index (χ4v) is 4.72. The number of methoxy groups -OCH3 is 1. The van der Waals surface area contributed by atoms with Gasteiger partial charge in [-0.3, -0.25) is 4.79 Å². The van der Waals surface area contributed by atoms with Gasteiger partial charge in [0.1, 0.15) is 5.75 Å². The summed E-state index contributed by atoms with van der Waals surface area (Å²) in [6.45, 7) is 4.33. The second-order valence-electron chi connectivity index (χ2n) is 6.79. The van der Waals surface area contributed by atoms with Crippen LogP contribution < -0.4 is 10.1 Å². The summed E-state index contributed by atoms with van der Waals surface area (Å²) in [6, 6.07) is 12.9. The van der Waals surface area contributed by atoms with Gasteiger partial charge in [0, 0.05) is 24.3 Å². The summed E-state index contributed by atoms with van der Waals surface area (Å²) in [4.78, 5) is 12.6.